The van der Waals surface area contributed by atoms with Gasteiger partial charge in [0.2, 0.25) is 0 Å². The number of rotatable bonds is 6. The summed E-state index contributed by atoms with van der Waals surface area (Å²) in [7, 11) is 0. The van der Waals surface area contributed by atoms with Gasteiger partial charge in [-0.05, 0) is 130 Å². The van der Waals surface area contributed by atoms with Crippen LogP contribution in [-0.2, 0) is 0 Å². The molecule has 8 rings (SSSR count). The van der Waals surface area contributed by atoms with Crippen molar-refractivity contribution in [3.8, 4) is 0 Å². The Hall–Kier alpha value is -1.66. The summed E-state index contributed by atoms with van der Waals surface area (Å²) in [5, 5.41) is 18.4. The van der Waals surface area contributed by atoms with Crippen molar-refractivity contribution in [2.75, 3.05) is 26.2 Å². The molecule has 0 radical (unpaired) electrons. The lowest BCUT2D eigenvalue weighted by atomic mass is 9.70. The SMILES string of the molecule is C=CC(O)N1CCC2(CC1)CC2CC1CC2C=CC(C3CC=CC4=C3C[C@@H](C)N4)NC(N3CCC(=C)CC3)C2C2CC12. The fraction of sp³-hybridized carbons (Fsp3) is 0.730. The highest BCUT2D eigenvalue weighted by atomic mass is 16.3. The highest BCUT2D eigenvalue weighted by Crippen LogP contribution is 2.67. The molecule has 0 bridgehead atoms. The molecule has 8 aliphatic rings. The van der Waals surface area contributed by atoms with Crippen LogP contribution in [0.2, 0.25) is 0 Å². The average molecular weight is 571 g/mol. The Morgan fingerprint density at radius 1 is 1.12 bits per heavy atom. The second kappa shape index (κ2) is 10.8. The third-order valence-corrected chi connectivity index (χ3v) is 13.4. The number of hydrogen-bond acceptors (Lipinski definition) is 5. The molecule has 0 aromatic carbocycles. The van der Waals surface area contributed by atoms with Gasteiger partial charge in [0.1, 0.15) is 6.23 Å². The fourth-order valence-corrected chi connectivity index (χ4v) is 10.8. The molecule has 4 aliphatic carbocycles. The van der Waals surface area contributed by atoms with Gasteiger partial charge in [-0.2, -0.15) is 0 Å². The second-order valence-corrected chi connectivity index (χ2v) is 15.7. The first-order chi connectivity index (χ1) is 20.4. The number of likely N-dealkylation sites (tertiary alicyclic amines) is 2. The maximum absolute atomic E-state index is 10.2. The lowest BCUT2D eigenvalue weighted by Gasteiger charge is -2.46. The Morgan fingerprint density at radius 3 is 2.71 bits per heavy atom. The number of fused-ring (bicyclic) bond motifs is 3. The zero-order valence-electron chi connectivity index (χ0n) is 25.9. The predicted octanol–water partition coefficient (Wildman–Crippen LogP) is 5.59. The number of nitrogens with zero attached hydrogens (tertiary/aromatic N) is 2. The largest absolute Gasteiger partial charge is 0.382 e. The summed E-state index contributed by atoms with van der Waals surface area (Å²) >= 11 is 0. The Bertz CT molecular complexity index is 1170. The van der Waals surface area contributed by atoms with Crippen LogP contribution in [0.1, 0.15) is 71.1 Å². The van der Waals surface area contributed by atoms with Crippen LogP contribution in [0, 0.1) is 46.8 Å². The van der Waals surface area contributed by atoms with Crippen LogP contribution in [0.4, 0.5) is 0 Å². The van der Waals surface area contributed by atoms with Crippen molar-refractivity contribution in [3.63, 3.8) is 0 Å². The van der Waals surface area contributed by atoms with Gasteiger partial charge in [-0.15, -0.1) is 0 Å². The summed E-state index contributed by atoms with van der Waals surface area (Å²) in [5.41, 5.74) is 5.10. The van der Waals surface area contributed by atoms with Crippen molar-refractivity contribution >= 4 is 0 Å². The molecule has 4 aliphatic heterocycles. The fourth-order valence-electron chi connectivity index (χ4n) is 10.8. The van der Waals surface area contributed by atoms with Crippen LogP contribution in [0.25, 0.3) is 0 Å². The van der Waals surface area contributed by atoms with Gasteiger partial charge < -0.3 is 10.4 Å². The second-order valence-electron chi connectivity index (χ2n) is 15.7. The third-order valence-electron chi connectivity index (χ3n) is 13.4. The minimum Gasteiger partial charge on any atom is -0.382 e. The minimum atomic E-state index is -0.465. The molecule has 4 heterocycles. The summed E-state index contributed by atoms with van der Waals surface area (Å²) < 4.78 is 0. The van der Waals surface area contributed by atoms with Gasteiger partial charge in [0, 0.05) is 49.9 Å². The molecule has 5 nitrogen and oxygen atoms in total. The lowest BCUT2D eigenvalue weighted by molar-refractivity contribution is 0.00946. The molecular formula is C37H54N4O. The topological polar surface area (TPSA) is 50.8 Å². The standard InChI is InChI=1S/C37H54N4O/c1-4-34(42)40-16-12-37(13-17-40)22-27(37)20-26-19-25-8-9-33(28-6-5-7-32-30(28)18-24(3)38-32)39-36(35(25)31-21-29(26)31)41-14-10-23(2)11-15-41/h4-5,7-9,24-29,31,33-36,38-39,42H,1-2,6,10-22H2,3H3/t24-,25?,26?,27?,28?,29?,31?,33?,34?,35?,36?/m1/s1. The van der Waals surface area contributed by atoms with E-state index in [1.54, 1.807) is 11.6 Å². The quantitative estimate of drug-likeness (QED) is 0.364. The van der Waals surface area contributed by atoms with Gasteiger partial charge in [0.05, 0.1) is 6.17 Å². The van der Waals surface area contributed by atoms with Gasteiger partial charge >= 0.3 is 0 Å². The van der Waals surface area contributed by atoms with E-state index >= 15 is 0 Å². The number of piperidine rings is 2. The summed E-state index contributed by atoms with van der Waals surface area (Å²) in [6, 6.07) is 0.978. The summed E-state index contributed by atoms with van der Waals surface area (Å²) in [6.45, 7) is 14.9. The molecule has 3 saturated carbocycles. The molecule has 10 unspecified atom stereocenters. The smallest absolute Gasteiger partial charge is 0.126 e. The minimum absolute atomic E-state index is 0.422. The maximum atomic E-state index is 10.2. The van der Waals surface area contributed by atoms with E-state index in [0.717, 1.165) is 61.9 Å². The van der Waals surface area contributed by atoms with Gasteiger partial charge in [0.25, 0.3) is 0 Å². The Morgan fingerprint density at radius 2 is 1.93 bits per heavy atom. The van der Waals surface area contributed by atoms with Crippen molar-refractivity contribution in [1.82, 2.24) is 20.4 Å². The average Bonchev–Trinajstić information content (AvgIpc) is 3.89. The van der Waals surface area contributed by atoms with Gasteiger partial charge in [0.15, 0.2) is 0 Å². The van der Waals surface area contributed by atoms with Gasteiger partial charge in [-0.3, -0.25) is 15.1 Å². The van der Waals surface area contributed by atoms with E-state index in [1.165, 1.54) is 69.3 Å². The molecule has 0 amide bonds. The summed E-state index contributed by atoms with van der Waals surface area (Å²) in [5.74, 6) is 5.71. The van der Waals surface area contributed by atoms with Crippen LogP contribution in [0.5, 0.6) is 0 Å². The zero-order valence-corrected chi connectivity index (χ0v) is 25.9. The number of allylic oxidation sites excluding steroid dienone is 3. The molecule has 2 saturated heterocycles. The Kier molecular flexibility index (Phi) is 7.13. The molecule has 3 N–H and O–H groups in total. The molecule has 0 aromatic heterocycles. The Labute approximate surface area is 254 Å². The van der Waals surface area contributed by atoms with Crippen LogP contribution in [0.15, 0.2) is 60.4 Å². The zero-order chi connectivity index (χ0) is 28.6. The van der Waals surface area contributed by atoms with Crippen molar-refractivity contribution in [3.05, 3.63) is 60.4 Å². The van der Waals surface area contributed by atoms with Crippen molar-refractivity contribution in [2.24, 2.45) is 46.8 Å². The van der Waals surface area contributed by atoms with E-state index in [1.807, 2.05) is 0 Å². The van der Waals surface area contributed by atoms with Crippen molar-refractivity contribution in [1.29, 1.82) is 0 Å². The molecule has 228 valence electrons. The van der Waals surface area contributed by atoms with E-state index in [0.29, 0.717) is 35.5 Å². The first kappa shape index (κ1) is 27.9. The van der Waals surface area contributed by atoms with E-state index < -0.39 is 6.23 Å². The number of aliphatic hydroxyl groups is 1. The van der Waals surface area contributed by atoms with Gasteiger partial charge in [-0.1, -0.05) is 37.0 Å². The molecule has 11 atom stereocenters. The Balaban J connectivity index is 0.995. The number of nitrogens with one attached hydrogen (secondary N) is 2. The molecule has 0 aromatic rings. The van der Waals surface area contributed by atoms with Crippen LogP contribution >= 0.6 is 0 Å². The first-order valence-corrected chi connectivity index (χ1v) is 17.5. The predicted molar refractivity (Wildman–Crippen MR) is 170 cm³/mol. The molecule has 42 heavy (non-hydrogen) atoms. The van der Waals surface area contributed by atoms with E-state index in [9.17, 15) is 5.11 Å². The van der Waals surface area contributed by atoms with Crippen molar-refractivity contribution in [2.45, 2.75) is 95.6 Å². The van der Waals surface area contributed by atoms with Gasteiger partial charge in [-0.25, -0.2) is 0 Å². The molecule has 1 spiro atoms. The van der Waals surface area contributed by atoms with Crippen molar-refractivity contribution < 1.29 is 5.11 Å². The molecular weight excluding hydrogens is 516 g/mol. The number of aliphatic hydroxyl groups excluding tert-OH is 1. The lowest BCUT2D eigenvalue weighted by Crippen LogP contribution is -2.58. The van der Waals surface area contributed by atoms with E-state index in [2.05, 4.69) is 64.8 Å². The molecule has 5 fully saturated rings. The van der Waals surface area contributed by atoms with Crippen LogP contribution in [0.3, 0.4) is 0 Å². The summed E-state index contributed by atoms with van der Waals surface area (Å²) in [4.78, 5) is 5.06. The maximum Gasteiger partial charge on any atom is 0.126 e. The summed E-state index contributed by atoms with van der Waals surface area (Å²) in [6.07, 6.45) is 24.8. The highest BCUT2D eigenvalue weighted by molar-refractivity contribution is 5.37. The molecule has 5 heteroatoms. The number of hydrogen-bond donors (Lipinski definition) is 3. The first-order valence-electron chi connectivity index (χ1n) is 17.5. The van der Waals surface area contributed by atoms with E-state index in [4.69, 9.17) is 0 Å². The monoisotopic (exact) mass is 570 g/mol. The van der Waals surface area contributed by atoms with Crippen LogP contribution in [-0.4, -0.2) is 65.6 Å². The van der Waals surface area contributed by atoms with E-state index in [-0.39, 0.29) is 0 Å². The highest BCUT2D eigenvalue weighted by Gasteiger charge is 2.61. The van der Waals surface area contributed by atoms with Crippen LogP contribution < -0.4 is 10.6 Å². The third kappa shape index (κ3) is 4.91. The normalized spacial score (nSPS) is 45.0.